The monoisotopic (exact) mass is 294 g/mol. The first-order valence-electron chi connectivity index (χ1n) is 6.26. The fourth-order valence-electron chi connectivity index (χ4n) is 2.75. The largest absolute Gasteiger partial charge is 0.299 e. The number of halogens is 1. The number of carbonyl (C=O) groups excluding carboxylic acids is 1. The Hall–Kier alpha value is -0.630. The molecule has 1 nitrogen and oxygen atoms in total. The molecule has 92 valence electrons. The lowest BCUT2D eigenvalue weighted by molar-refractivity contribution is -0.129. The lowest BCUT2D eigenvalue weighted by Crippen LogP contribution is -2.36. The van der Waals surface area contributed by atoms with E-state index in [2.05, 4.69) is 54.0 Å². The zero-order valence-electron chi connectivity index (χ0n) is 10.5. The quantitative estimate of drug-likeness (QED) is 0.791. The van der Waals surface area contributed by atoms with Gasteiger partial charge in [0.15, 0.2) is 0 Å². The molecule has 0 aliphatic heterocycles. The van der Waals surface area contributed by atoms with Crippen molar-refractivity contribution < 1.29 is 4.79 Å². The summed E-state index contributed by atoms with van der Waals surface area (Å²) < 4.78 is 1.09. The standard InChI is InChI=1S/C15H19BrO/c1-15(2)9-3-4-14(17)13(15)10-11-5-7-12(16)8-6-11/h5-8,13H,3-4,9-10H2,1-2H3. The second-order valence-corrected chi connectivity index (χ2v) is 6.61. The number of ketones is 1. The van der Waals surface area contributed by atoms with Gasteiger partial charge in [-0.2, -0.15) is 0 Å². The highest BCUT2D eigenvalue weighted by atomic mass is 79.9. The van der Waals surface area contributed by atoms with Crippen LogP contribution in [-0.2, 0) is 11.2 Å². The highest BCUT2D eigenvalue weighted by Gasteiger charge is 2.37. The number of rotatable bonds is 2. The maximum atomic E-state index is 12.1. The van der Waals surface area contributed by atoms with Crippen LogP contribution in [0.2, 0.25) is 0 Å². The van der Waals surface area contributed by atoms with E-state index in [1.807, 2.05) is 0 Å². The Morgan fingerprint density at radius 1 is 1.29 bits per heavy atom. The van der Waals surface area contributed by atoms with Crippen molar-refractivity contribution in [2.24, 2.45) is 11.3 Å². The maximum Gasteiger partial charge on any atom is 0.136 e. The molecule has 2 heteroatoms. The SMILES string of the molecule is CC1(C)CCCC(=O)C1Cc1ccc(Br)cc1. The van der Waals surface area contributed by atoms with Crippen molar-refractivity contribution in [1.29, 1.82) is 0 Å². The minimum absolute atomic E-state index is 0.155. The molecule has 0 bridgehead atoms. The van der Waals surface area contributed by atoms with Gasteiger partial charge in [-0.05, 0) is 42.4 Å². The van der Waals surface area contributed by atoms with Gasteiger partial charge in [-0.1, -0.05) is 41.9 Å². The van der Waals surface area contributed by atoms with Crippen molar-refractivity contribution in [3.8, 4) is 0 Å². The van der Waals surface area contributed by atoms with Gasteiger partial charge in [-0.15, -0.1) is 0 Å². The topological polar surface area (TPSA) is 17.1 Å². The predicted octanol–water partition coefficient (Wildman–Crippen LogP) is 4.39. The third-order valence-corrected chi connectivity index (χ3v) is 4.46. The molecule has 0 spiro atoms. The van der Waals surface area contributed by atoms with Crippen LogP contribution in [0.1, 0.15) is 38.7 Å². The number of benzene rings is 1. The smallest absolute Gasteiger partial charge is 0.136 e. The average molecular weight is 295 g/mol. The zero-order chi connectivity index (χ0) is 12.5. The van der Waals surface area contributed by atoms with Crippen molar-refractivity contribution in [2.45, 2.75) is 39.5 Å². The lowest BCUT2D eigenvalue weighted by atomic mass is 9.66. The zero-order valence-corrected chi connectivity index (χ0v) is 12.1. The van der Waals surface area contributed by atoms with Crippen molar-refractivity contribution in [3.63, 3.8) is 0 Å². The summed E-state index contributed by atoms with van der Waals surface area (Å²) in [4.78, 5) is 12.1. The highest BCUT2D eigenvalue weighted by molar-refractivity contribution is 9.10. The molecule has 1 aromatic rings. The van der Waals surface area contributed by atoms with E-state index in [0.717, 1.165) is 23.7 Å². The van der Waals surface area contributed by atoms with Gasteiger partial charge in [0.2, 0.25) is 0 Å². The van der Waals surface area contributed by atoms with Gasteiger partial charge >= 0.3 is 0 Å². The summed E-state index contributed by atoms with van der Waals surface area (Å²) in [5, 5.41) is 0. The summed E-state index contributed by atoms with van der Waals surface area (Å²) in [6.45, 7) is 4.46. The summed E-state index contributed by atoms with van der Waals surface area (Å²) in [6, 6.07) is 8.33. The Morgan fingerprint density at radius 3 is 2.53 bits per heavy atom. The molecule has 0 amide bonds. The van der Waals surface area contributed by atoms with E-state index in [9.17, 15) is 4.79 Å². The lowest BCUT2D eigenvalue weighted by Gasteiger charge is -2.37. The van der Waals surface area contributed by atoms with Crippen LogP contribution in [0.4, 0.5) is 0 Å². The highest BCUT2D eigenvalue weighted by Crippen LogP contribution is 2.40. The van der Waals surface area contributed by atoms with Crippen molar-refractivity contribution in [3.05, 3.63) is 34.3 Å². The number of carbonyl (C=O) groups is 1. The molecular weight excluding hydrogens is 276 g/mol. The molecule has 0 aromatic heterocycles. The second-order valence-electron chi connectivity index (χ2n) is 5.69. The molecule has 1 aliphatic rings. The van der Waals surface area contributed by atoms with Crippen LogP contribution in [0.5, 0.6) is 0 Å². The number of hydrogen-bond donors (Lipinski definition) is 0. The van der Waals surface area contributed by atoms with E-state index in [-0.39, 0.29) is 11.3 Å². The van der Waals surface area contributed by atoms with E-state index in [0.29, 0.717) is 5.78 Å². The summed E-state index contributed by atoms with van der Waals surface area (Å²) in [5.41, 5.74) is 1.42. The Balaban J connectivity index is 2.15. The van der Waals surface area contributed by atoms with E-state index < -0.39 is 0 Å². The molecule has 0 N–H and O–H groups in total. The predicted molar refractivity (Wildman–Crippen MR) is 74.0 cm³/mol. The summed E-state index contributed by atoms with van der Waals surface area (Å²) >= 11 is 3.44. The molecule has 2 rings (SSSR count). The van der Waals surface area contributed by atoms with Gasteiger partial charge in [0.25, 0.3) is 0 Å². The van der Waals surface area contributed by atoms with Crippen LogP contribution in [0.15, 0.2) is 28.7 Å². The summed E-state index contributed by atoms with van der Waals surface area (Å²) in [6.07, 6.45) is 3.88. The maximum absolute atomic E-state index is 12.1. The van der Waals surface area contributed by atoms with Crippen LogP contribution >= 0.6 is 15.9 Å². The molecule has 0 radical (unpaired) electrons. The van der Waals surface area contributed by atoms with Crippen LogP contribution < -0.4 is 0 Å². The number of Topliss-reactive ketones (excluding diaryl/α,β-unsaturated/α-hetero) is 1. The fourth-order valence-corrected chi connectivity index (χ4v) is 3.01. The van der Waals surface area contributed by atoms with Crippen LogP contribution in [-0.4, -0.2) is 5.78 Å². The molecule has 1 unspecified atom stereocenters. The van der Waals surface area contributed by atoms with Gasteiger partial charge in [0.05, 0.1) is 0 Å². The summed E-state index contributed by atoms with van der Waals surface area (Å²) in [5.74, 6) is 0.640. The van der Waals surface area contributed by atoms with Crippen molar-refractivity contribution in [1.82, 2.24) is 0 Å². The van der Waals surface area contributed by atoms with Crippen LogP contribution in [0, 0.1) is 11.3 Å². The number of hydrogen-bond acceptors (Lipinski definition) is 1. The Bertz CT molecular complexity index is 405. The van der Waals surface area contributed by atoms with E-state index in [1.54, 1.807) is 0 Å². The van der Waals surface area contributed by atoms with E-state index in [1.165, 1.54) is 12.0 Å². The minimum atomic E-state index is 0.155. The van der Waals surface area contributed by atoms with Gasteiger partial charge < -0.3 is 0 Å². The minimum Gasteiger partial charge on any atom is -0.299 e. The van der Waals surface area contributed by atoms with Gasteiger partial charge in [-0.3, -0.25) is 4.79 Å². The first-order chi connectivity index (χ1) is 7.99. The average Bonchev–Trinajstić information content (AvgIpc) is 2.26. The van der Waals surface area contributed by atoms with Gasteiger partial charge in [0.1, 0.15) is 5.78 Å². The molecule has 17 heavy (non-hydrogen) atoms. The van der Waals surface area contributed by atoms with Gasteiger partial charge in [-0.25, -0.2) is 0 Å². The normalized spacial score (nSPS) is 23.7. The molecular formula is C15H19BrO. The van der Waals surface area contributed by atoms with Gasteiger partial charge in [0, 0.05) is 16.8 Å². The van der Waals surface area contributed by atoms with E-state index >= 15 is 0 Å². The molecule has 0 heterocycles. The Labute approximate surface area is 112 Å². The van der Waals surface area contributed by atoms with Crippen LogP contribution in [0.25, 0.3) is 0 Å². The third kappa shape index (κ3) is 2.98. The van der Waals surface area contributed by atoms with E-state index in [4.69, 9.17) is 0 Å². The first kappa shape index (κ1) is 12.8. The molecule has 1 aromatic carbocycles. The first-order valence-corrected chi connectivity index (χ1v) is 7.05. The summed E-state index contributed by atoms with van der Waals surface area (Å²) in [7, 11) is 0. The second kappa shape index (κ2) is 4.93. The molecule has 1 atom stereocenters. The van der Waals surface area contributed by atoms with Crippen molar-refractivity contribution in [2.75, 3.05) is 0 Å². The van der Waals surface area contributed by atoms with Crippen molar-refractivity contribution >= 4 is 21.7 Å². The molecule has 1 saturated carbocycles. The van der Waals surface area contributed by atoms with Crippen LogP contribution in [0.3, 0.4) is 0 Å². The molecule has 1 fully saturated rings. The molecule has 1 aliphatic carbocycles. The fraction of sp³-hybridized carbons (Fsp3) is 0.533. The Kier molecular flexibility index (Phi) is 3.72. The third-order valence-electron chi connectivity index (χ3n) is 3.93. The molecule has 0 saturated heterocycles. The Morgan fingerprint density at radius 2 is 1.94 bits per heavy atom.